The van der Waals surface area contributed by atoms with Crippen molar-refractivity contribution in [3.8, 4) is 11.6 Å². The predicted molar refractivity (Wildman–Crippen MR) is 89.1 cm³/mol. The second kappa shape index (κ2) is 6.32. The van der Waals surface area contributed by atoms with Crippen LogP contribution in [0.3, 0.4) is 0 Å². The molecule has 1 aliphatic heterocycles. The van der Waals surface area contributed by atoms with E-state index >= 15 is 0 Å². The fourth-order valence-corrected chi connectivity index (χ4v) is 2.76. The van der Waals surface area contributed by atoms with E-state index < -0.39 is 0 Å². The maximum atomic E-state index is 12.0. The summed E-state index contributed by atoms with van der Waals surface area (Å²) in [6, 6.07) is 11.2. The smallest absolute Gasteiger partial charge is 0.227 e. The number of aromatic nitrogens is 1. The van der Waals surface area contributed by atoms with Crippen LogP contribution >= 0.6 is 15.9 Å². The molecule has 5 heteroatoms. The van der Waals surface area contributed by atoms with E-state index in [0.717, 1.165) is 10.2 Å². The molecule has 2 aromatic rings. The Morgan fingerprint density at radius 2 is 2.23 bits per heavy atom. The number of ether oxygens (including phenoxy) is 1. The van der Waals surface area contributed by atoms with Crippen LogP contribution in [0.15, 0.2) is 59.7 Å². The zero-order chi connectivity index (χ0) is 15.5. The average molecular weight is 359 g/mol. The van der Waals surface area contributed by atoms with Gasteiger partial charge in [-0.25, -0.2) is 4.98 Å². The number of hydrogen-bond acceptors (Lipinski definition) is 3. The van der Waals surface area contributed by atoms with Gasteiger partial charge in [-0.1, -0.05) is 28.1 Å². The molecule has 4 nitrogen and oxygen atoms in total. The van der Waals surface area contributed by atoms with E-state index in [1.807, 2.05) is 36.4 Å². The lowest BCUT2D eigenvalue weighted by Crippen LogP contribution is -2.24. The van der Waals surface area contributed by atoms with E-state index in [-0.39, 0.29) is 11.8 Å². The molecule has 112 valence electrons. The molecule has 1 aliphatic rings. The minimum Gasteiger partial charge on any atom is -0.439 e. The number of hydrogen-bond donors (Lipinski definition) is 0. The van der Waals surface area contributed by atoms with Crippen LogP contribution in [0.25, 0.3) is 0 Å². The van der Waals surface area contributed by atoms with Crippen LogP contribution in [0.4, 0.5) is 5.69 Å². The Kier molecular flexibility index (Phi) is 4.24. The number of carbonyl (C=O) groups excluding carboxylic acids is 1. The molecular weight excluding hydrogens is 344 g/mol. The Morgan fingerprint density at radius 1 is 1.36 bits per heavy atom. The number of halogens is 1. The molecule has 22 heavy (non-hydrogen) atoms. The molecule has 1 aromatic heterocycles. The number of pyridine rings is 1. The van der Waals surface area contributed by atoms with Gasteiger partial charge in [0.2, 0.25) is 11.8 Å². The normalized spacial score (nSPS) is 17.6. The fourth-order valence-electron chi connectivity index (χ4n) is 2.39. The van der Waals surface area contributed by atoms with Crippen molar-refractivity contribution in [2.24, 2.45) is 5.92 Å². The number of carbonyl (C=O) groups is 1. The highest BCUT2D eigenvalue weighted by atomic mass is 79.9. The molecule has 0 spiro atoms. The van der Waals surface area contributed by atoms with Gasteiger partial charge >= 0.3 is 0 Å². The molecule has 1 fully saturated rings. The Balaban J connectivity index is 1.73. The first-order valence-corrected chi connectivity index (χ1v) is 7.77. The summed E-state index contributed by atoms with van der Waals surface area (Å²) in [5.74, 6) is 1.52. The van der Waals surface area contributed by atoms with Crippen molar-refractivity contribution in [1.29, 1.82) is 0 Å². The van der Waals surface area contributed by atoms with Gasteiger partial charge in [-0.05, 0) is 24.3 Å². The van der Waals surface area contributed by atoms with Crippen LogP contribution in [-0.4, -0.2) is 17.4 Å². The molecule has 0 bridgehead atoms. The van der Waals surface area contributed by atoms with Gasteiger partial charge in [0.1, 0.15) is 5.75 Å². The molecule has 0 radical (unpaired) electrons. The van der Waals surface area contributed by atoms with E-state index in [9.17, 15) is 4.79 Å². The standard InChI is InChI=1S/C17H15BrN2O2/c1-2-12-8-17(21)20(11-12)14-6-7-16(19-10-14)22-15-5-3-4-13(18)9-15/h2-7,9-10,12H,1,8,11H2. The van der Waals surface area contributed by atoms with E-state index in [4.69, 9.17) is 4.74 Å². The molecule has 2 heterocycles. The summed E-state index contributed by atoms with van der Waals surface area (Å²) in [7, 11) is 0. The SMILES string of the molecule is C=CC1CC(=O)N(c2ccc(Oc3cccc(Br)c3)nc2)C1. The number of benzene rings is 1. The van der Waals surface area contributed by atoms with Crippen LogP contribution in [-0.2, 0) is 4.79 Å². The van der Waals surface area contributed by atoms with E-state index in [1.165, 1.54) is 0 Å². The third-order valence-electron chi connectivity index (χ3n) is 3.54. The molecule has 1 atom stereocenters. The summed E-state index contributed by atoms with van der Waals surface area (Å²) in [6.07, 6.45) is 4.01. The van der Waals surface area contributed by atoms with Gasteiger partial charge in [-0.15, -0.1) is 6.58 Å². The number of rotatable bonds is 4. The number of amides is 1. The van der Waals surface area contributed by atoms with Crippen LogP contribution < -0.4 is 9.64 Å². The third kappa shape index (κ3) is 3.20. The van der Waals surface area contributed by atoms with Crippen LogP contribution in [0.2, 0.25) is 0 Å². The Hall–Kier alpha value is -2.14. The van der Waals surface area contributed by atoms with Crippen molar-refractivity contribution in [3.05, 3.63) is 59.7 Å². The summed E-state index contributed by atoms with van der Waals surface area (Å²) >= 11 is 3.40. The molecule has 3 rings (SSSR count). The highest BCUT2D eigenvalue weighted by Gasteiger charge is 2.28. The minimum atomic E-state index is 0.104. The van der Waals surface area contributed by atoms with Crippen LogP contribution in [0.1, 0.15) is 6.42 Å². The van der Waals surface area contributed by atoms with Crippen molar-refractivity contribution in [2.45, 2.75) is 6.42 Å². The molecule has 0 aliphatic carbocycles. The van der Waals surface area contributed by atoms with Gasteiger partial charge in [-0.2, -0.15) is 0 Å². The van der Waals surface area contributed by atoms with Crippen molar-refractivity contribution >= 4 is 27.5 Å². The Morgan fingerprint density at radius 3 is 2.86 bits per heavy atom. The molecule has 1 amide bonds. The summed E-state index contributed by atoms with van der Waals surface area (Å²) in [5.41, 5.74) is 0.788. The Labute approximate surface area is 137 Å². The zero-order valence-electron chi connectivity index (χ0n) is 11.9. The molecule has 1 unspecified atom stereocenters. The minimum absolute atomic E-state index is 0.104. The second-order valence-electron chi connectivity index (χ2n) is 5.12. The van der Waals surface area contributed by atoms with Gasteiger partial charge in [0.15, 0.2) is 0 Å². The number of nitrogens with zero attached hydrogens (tertiary/aromatic N) is 2. The molecule has 1 aromatic carbocycles. The lowest BCUT2D eigenvalue weighted by Gasteiger charge is -2.16. The third-order valence-corrected chi connectivity index (χ3v) is 4.03. The summed E-state index contributed by atoms with van der Waals surface area (Å²) in [4.78, 5) is 18.0. The first-order chi connectivity index (χ1) is 10.7. The van der Waals surface area contributed by atoms with Crippen LogP contribution in [0, 0.1) is 5.92 Å². The van der Waals surface area contributed by atoms with Gasteiger partial charge in [-0.3, -0.25) is 4.79 Å². The largest absolute Gasteiger partial charge is 0.439 e. The van der Waals surface area contributed by atoms with Crippen LogP contribution in [0.5, 0.6) is 11.6 Å². The Bertz CT molecular complexity index is 700. The van der Waals surface area contributed by atoms with E-state index in [0.29, 0.717) is 24.6 Å². The summed E-state index contributed by atoms with van der Waals surface area (Å²) in [6.45, 7) is 4.42. The lowest BCUT2D eigenvalue weighted by atomic mass is 10.1. The monoisotopic (exact) mass is 358 g/mol. The topological polar surface area (TPSA) is 42.4 Å². The first-order valence-electron chi connectivity index (χ1n) is 6.98. The first kappa shape index (κ1) is 14.8. The van der Waals surface area contributed by atoms with Gasteiger partial charge < -0.3 is 9.64 Å². The average Bonchev–Trinajstić information content (AvgIpc) is 2.89. The van der Waals surface area contributed by atoms with Crippen molar-refractivity contribution < 1.29 is 9.53 Å². The van der Waals surface area contributed by atoms with E-state index in [1.54, 1.807) is 17.2 Å². The van der Waals surface area contributed by atoms with Crippen molar-refractivity contribution in [1.82, 2.24) is 4.98 Å². The van der Waals surface area contributed by atoms with Gasteiger partial charge in [0, 0.05) is 29.4 Å². The molecular formula is C17H15BrN2O2. The number of anilines is 1. The van der Waals surface area contributed by atoms with Crippen molar-refractivity contribution in [2.75, 3.05) is 11.4 Å². The highest BCUT2D eigenvalue weighted by molar-refractivity contribution is 9.10. The summed E-state index contributed by atoms with van der Waals surface area (Å²) in [5, 5.41) is 0. The highest BCUT2D eigenvalue weighted by Crippen LogP contribution is 2.28. The zero-order valence-corrected chi connectivity index (χ0v) is 13.5. The predicted octanol–water partition coefficient (Wildman–Crippen LogP) is 4.18. The van der Waals surface area contributed by atoms with E-state index in [2.05, 4.69) is 27.5 Å². The molecule has 1 saturated heterocycles. The summed E-state index contributed by atoms with van der Waals surface area (Å²) < 4.78 is 6.63. The quantitative estimate of drug-likeness (QED) is 0.770. The second-order valence-corrected chi connectivity index (χ2v) is 6.03. The lowest BCUT2D eigenvalue weighted by molar-refractivity contribution is -0.117. The molecule has 0 N–H and O–H groups in total. The maximum Gasteiger partial charge on any atom is 0.227 e. The van der Waals surface area contributed by atoms with Crippen molar-refractivity contribution in [3.63, 3.8) is 0 Å². The maximum absolute atomic E-state index is 12.0. The molecule has 0 saturated carbocycles. The fraction of sp³-hybridized carbons (Fsp3) is 0.176. The van der Waals surface area contributed by atoms with Gasteiger partial charge in [0.05, 0.1) is 11.9 Å². The van der Waals surface area contributed by atoms with Gasteiger partial charge in [0.25, 0.3) is 0 Å².